The Kier molecular flexibility index (Phi) is 5.61. The van der Waals surface area contributed by atoms with Crippen LogP contribution in [0, 0.1) is 18.6 Å². The second-order valence-corrected chi connectivity index (χ2v) is 6.19. The number of hydrogen-bond donors (Lipinski definition) is 2. The monoisotopic (exact) mass is 388 g/mol. The highest BCUT2D eigenvalue weighted by Crippen LogP contribution is 2.20. The topological polar surface area (TPSA) is 66.9 Å². The van der Waals surface area contributed by atoms with Crippen LogP contribution in [-0.2, 0) is 6.54 Å². The van der Waals surface area contributed by atoms with Crippen LogP contribution in [0.15, 0.2) is 48.5 Å². The molecule has 0 aliphatic heterocycles. The van der Waals surface area contributed by atoms with Crippen molar-refractivity contribution >= 4 is 29.1 Å². The average Bonchev–Trinajstić information content (AvgIpc) is 2.64. The van der Waals surface area contributed by atoms with Gasteiger partial charge in [0.05, 0.1) is 5.02 Å². The molecule has 1 amide bonds. The molecule has 0 spiro atoms. The number of aryl methyl sites for hydroxylation is 1. The Labute approximate surface area is 159 Å². The predicted molar refractivity (Wildman–Crippen MR) is 99.9 cm³/mol. The smallest absolute Gasteiger partial charge is 0.274 e. The molecule has 0 saturated carbocycles. The molecule has 3 aromatic rings. The number of nitrogens with one attached hydrogen (secondary N) is 2. The summed E-state index contributed by atoms with van der Waals surface area (Å²) >= 11 is 5.72. The zero-order valence-electron chi connectivity index (χ0n) is 14.3. The molecule has 0 aliphatic carbocycles. The van der Waals surface area contributed by atoms with E-state index in [1.165, 1.54) is 36.4 Å². The number of amides is 1. The van der Waals surface area contributed by atoms with Crippen LogP contribution in [0.4, 0.5) is 20.4 Å². The van der Waals surface area contributed by atoms with Crippen LogP contribution in [-0.4, -0.2) is 15.9 Å². The first-order valence-corrected chi connectivity index (χ1v) is 8.39. The minimum absolute atomic E-state index is 0.0895. The number of aromatic nitrogens is 2. The summed E-state index contributed by atoms with van der Waals surface area (Å²) < 4.78 is 26.2. The summed E-state index contributed by atoms with van der Waals surface area (Å²) in [5.74, 6) is -1.10. The van der Waals surface area contributed by atoms with Gasteiger partial charge in [0, 0.05) is 17.9 Å². The van der Waals surface area contributed by atoms with Crippen molar-refractivity contribution < 1.29 is 13.6 Å². The maximum absolute atomic E-state index is 13.2. The number of halogens is 3. The van der Waals surface area contributed by atoms with Gasteiger partial charge in [-0.25, -0.2) is 18.7 Å². The second kappa shape index (κ2) is 8.09. The summed E-state index contributed by atoms with van der Waals surface area (Å²) in [5, 5.41) is 5.52. The fraction of sp³-hybridized carbons (Fsp3) is 0.105. The van der Waals surface area contributed by atoms with E-state index in [-0.39, 0.29) is 22.5 Å². The highest BCUT2D eigenvalue weighted by Gasteiger charge is 2.12. The molecule has 0 radical (unpaired) electrons. The number of carbonyl (C=O) groups is 1. The molecule has 0 unspecified atom stereocenters. The van der Waals surface area contributed by atoms with E-state index in [0.29, 0.717) is 17.9 Å². The van der Waals surface area contributed by atoms with Crippen molar-refractivity contribution in [3.63, 3.8) is 0 Å². The van der Waals surface area contributed by atoms with Crippen molar-refractivity contribution in [2.45, 2.75) is 13.5 Å². The van der Waals surface area contributed by atoms with Gasteiger partial charge in [0.15, 0.2) is 0 Å². The number of carbonyl (C=O) groups excluding carboxylic acids is 1. The number of rotatable bonds is 5. The molecule has 0 bridgehead atoms. The van der Waals surface area contributed by atoms with Crippen LogP contribution in [0.3, 0.4) is 0 Å². The third-order valence-electron chi connectivity index (χ3n) is 3.63. The maximum Gasteiger partial charge on any atom is 0.274 e. The molecule has 2 N–H and O–H groups in total. The molecule has 8 heteroatoms. The largest absolute Gasteiger partial charge is 0.350 e. The summed E-state index contributed by atoms with van der Waals surface area (Å²) in [5.41, 5.74) is 1.93. The van der Waals surface area contributed by atoms with Gasteiger partial charge in [-0.3, -0.25) is 4.79 Å². The summed E-state index contributed by atoms with van der Waals surface area (Å²) in [4.78, 5) is 20.8. The molecule has 2 aromatic carbocycles. The predicted octanol–water partition coefficient (Wildman–Crippen LogP) is 4.58. The average molecular weight is 389 g/mol. The molecule has 27 heavy (non-hydrogen) atoms. The van der Waals surface area contributed by atoms with Gasteiger partial charge in [-0.1, -0.05) is 23.7 Å². The minimum Gasteiger partial charge on any atom is -0.350 e. The highest BCUT2D eigenvalue weighted by atomic mass is 35.5. The lowest BCUT2D eigenvalue weighted by atomic mass is 10.2. The zero-order chi connectivity index (χ0) is 19.4. The molecule has 1 aromatic heterocycles. The zero-order valence-corrected chi connectivity index (χ0v) is 15.0. The Morgan fingerprint density at radius 3 is 2.52 bits per heavy atom. The molecule has 0 fully saturated rings. The fourth-order valence-electron chi connectivity index (χ4n) is 2.32. The van der Waals surface area contributed by atoms with Gasteiger partial charge in [-0.15, -0.1) is 0 Å². The van der Waals surface area contributed by atoms with Gasteiger partial charge in [0.1, 0.15) is 17.3 Å². The molecule has 0 aliphatic rings. The molecule has 1 heterocycles. The molecular formula is C19H15ClF2N4O. The lowest BCUT2D eigenvalue weighted by molar-refractivity contribution is 0.102. The molecule has 0 saturated heterocycles. The van der Waals surface area contributed by atoms with Crippen molar-refractivity contribution in [3.8, 4) is 0 Å². The van der Waals surface area contributed by atoms with Crippen LogP contribution in [0.2, 0.25) is 5.02 Å². The van der Waals surface area contributed by atoms with Crippen molar-refractivity contribution in [3.05, 3.63) is 82.1 Å². The van der Waals surface area contributed by atoms with E-state index in [4.69, 9.17) is 11.6 Å². The number of anilines is 2. The quantitative estimate of drug-likeness (QED) is 0.671. The first-order valence-electron chi connectivity index (χ1n) is 8.01. The fourth-order valence-corrected chi connectivity index (χ4v) is 2.50. The highest BCUT2D eigenvalue weighted by molar-refractivity contribution is 6.31. The van der Waals surface area contributed by atoms with Gasteiger partial charge in [-0.2, -0.15) is 0 Å². The van der Waals surface area contributed by atoms with Crippen LogP contribution < -0.4 is 10.6 Å². The minimum atomic E-state index is -0.570. The number of nitrogens with zero attached hydrogens (tertiary/aromatic N) is 2. The first kappa shape index (κ1) is 18.7. The lowest BCUT2D eigenvalue weighted by Crippen LogP contribution is -2.16. The second-order valence-electron chi connectivity index (χ2n) is 5.78. The van der Waals surface area contributed by atoms with E-state index >= 15 is 0 Å². The van der Waals surface area contributed by atoms with Crippen LogP contribution in [0.1, 0.15) is 21.7 Å². The molecule has 3 rings (SSSR count). The van der Waals surface area contributed by atoms with Gasteiger partial charge < -0.3 is 10.6 Å². The summed E-state index contributed by atoms with van der Waals surface area (Å²) in [6.45, 7) is 2.11. The number of hydrogen-bond acceptors (Lipinski definition) is 4. The third-order valence-corrected chi connectivity index (χ3v) is 3.92. The Hall–Kier alpha value is -3.06. The first-order chi connectivity index (χ1) is 12.9. The third kappa shape index (κ3) is 4.98. The summed E-state index contributed by atoms with van der Waals surface area (Å²) in [6.07, 6.45) is 0. The Morgan fingerprint density at radius 2 is 1.81 bits per heavy atom. The van der Waals surface area contributed by atoms with E-state index in [1.54, 1.807) is 19.1 Å². The molecule has 138 valence electrons. The Morgan fingerprint density at radius 1 is 1.07 bits per heavy atom. The summed E-state index contributed by atoms with van der Waals surface area (Å²) in [6, 6.07) is 11.4. The molecule has 5 nitrogen and oxygen atoms in total. The van der Waals surface area contributed by atoms with Gasteiger partial charge in [0.25, 0.3) is 5.91 Å². The van der Waals surface area contributed by atoms with Crippen LogP contribution >= 0.6 is 11.6 Å². The van der Waals surface area contributed by atoms with E-state index in [0.717, 1.165) is 5.56 Å². The van der Waals surface area contributed by atoms with E-state index in [2.05, 4.69) is 20.6 Å². The van der Waals surface area contributed by atoms with Gasteiger partial charge in [-0.05, 0) is 48.9 Å². The Balaban J connectivity index is 1.72. The number of benzene rings is 2. The SMILES string of the molecule is Cc1cc(C(=O)Nc2ccc(F)c(Cl)c2)nc(NCc2ccc(F)cc2)n1. The van der Waals surface area contributed by atoms with E-state index < -0.39 is 11.7 Å². The molecular weight excluding hydrogens is 374 g/mol. The summed E-state index contributed by atoms with van der Waals surface area (Å²) in [7, 11) is 0. The Bertz CT molecular complexity index is 980. The van der Waals surface area contributed by atoms with Crippen molar-refractivity contribution in [1.29, 1.82) is 0 Å². The maximum atomic E-state index is 13.2. The van der Waals surface area contributed by atoms with Crippen LogP contribution in [0.5, 0.6) is 0 Å². The normalized spacial score (nSPS) is 10.5. The van der Waals surface area contributed by atoms with Crippen molar-refractivity contribution in [2.75, 3.05) is 10.6 Å². The van der Waals surface area contributed by atoms with Gasteiger partial charge >= 0.3 is 0 Å². The van der Waals surface area contributed by atoms with Crippen molar-refractivity contribution in [1.82, 2.24) is 9.97 Å². The van der Waals surface area contributed by atoms with Crippen LogP contribution in [0.25, 0.3) is 0 Å². The molecule has 0 atom stereocenters. The van der Waals surface area contributed by atoms with E-state index in [1.807, 2.05) is 0 Å². The lowest BCUT2D eigenvalue weighted by Gasteiger charge is -2.09. The van der Waals surface area contributed by atoms with Gasteiger partial charge in [0.2, 0.25) is 5.95 Å². The van der Waals surface area contributed by atoms with E-state index in [9.17, 15) is 13.6 Å². The standard InChI is InChI=1S/C19H15ClF2N4O/c1-11-8-17(18(27)25-14-6-7-16(22)15(20)9-14)26-19(24-11)23-10-12-2-4-13(21)5-3-12/h2-9H,10H2,1H3,(H,25,27)(H,23,24,26). The van der Waals surface area contributed by atoms with Crippen molar-refractivity contribution in [2.24, 2.45) is 0 Å².